The largest absolute Gasteiger partial charge is 0.241 e. The van der Waals surface area contributed by atoms with Gasteiger partial charge in [-0.2, -0.15) is 10.2 Å². The fraction of sp³-hybridized carbons (Fsp3) is 0. The van der Waals surface area contributed by atoms with Crippen molar-refractivity contribution in [3.8, 4) is 63.7 Å². The maximum absolute atomic E-state index is 4.76. The molecular formula is C27H15N7S4. The number of pyridine rings is 1. The molecule has 0 N–H and O–H groups in total. The van der Waals surface area contributed by atoms with Crippen LogP contribution in [0, 0.1) is 0 Å². The summed E-state index contributed by atoms with van der Waals surface area (Å²) in [6.07, 6.45) is 3.36. The van der Waals surface area contributed by atoms with Crippen molar-refractivity contribution in [2.45, 2.75) is 0 Å². The molecule has 0 aliphatic carbocycles. The van der Waals surface area contributed by atoms with Crippen molar-refractivity contribution in [3.63, 3.8) is 0 Å². The molecule has 7 heterocycles. The topological polar surface area (TPSA) is 90.2 Å². The lowest BCUT2D eigenvalue weighted by atomic mass is 10.2. The lowest BCUT2D eigenvalue weighted by molar-refractivity contribution is 0.963. The van der Waals surface area contributed by atoms with Crippen LogP contribution in [0.1, 0.15) is 0 Å². The van der Waals surface area contributed by atoms with Gasteiger partial charge in [-0.1, -0.05) is 18.2 Å². The van der Waals surface area contributed by atoms with Gasteiger partial charge in [-0.15, -0.1) is 55.5 Å². The lowest BCUT2D eigenvalue weighted by Crippen LogP contribution is -1.99. The molecule has 0 atom stereocenters. The van der Waals surface area contributed by atoms with Crippen LogP contribution in [0.25, 0.3) is 63.7 Å². The first-order valence-electron chi connectivity index (χ1n) is 11.5. The molecular weight excluding hydrogens is 551 g/mol. The van der Waals surface area contributed by atoms with Gasteiger partial charge in [0, 0.05) is 19.5 Å². The summed E-state index contributed by atoms with van der Waals surface area (Å²) in [6.45, 7) is 0. The van der Waals surface area contributed by atoms with Gasteiger partial charge in [0.2, 0.25) is 11.6 Å². The molecule has 11 heteroatoms. The van der Waals surface area contributed by atoms with Gasteiger partial charge in [-0.25, -0.2) is 15.0 Å². The zero-order valence-corrected chi connectivity index (χ0v) is 22.7. The van der Waals surface area contributed by atoms with Gasteiger partial charge in [0.15, 0.2) is 0 Å². The van der Waals surface area contributed by atoms with E-state index in [1.54, 1.807) is 57.7 Å². The van der Waals surface area contributed by atoms with E-state index in [1.807, 2.05) is 18.2 Å². The Bertz CT molecular complexity index is 1710. The summed E-state index contributed by atoms with van der Waals surface area (Å²) in [5.41, 5.74) is 2.71. The molecule has 38 heavy (non-hydrogen) atoms. The van der Waals surface area contributed by atoms with Crippen LogP contribution >= 0.6 is 45.3 Å². The average Bonchev–Trinajstić information content (AvgIpc) is 3.79. The summed E-state index contributed by atoms with van der Waals surface area (Å²) in [7, 11) is 0. The maximum atomic E-state index is 4.76. The molecule has 182 valence electrons. The van der Waals surface area contributed by atoms with Crippen molar-refractivity contribution < 1.29 is 0 Å². The second-order valence-corrected chi connectivity index (χ2v) is 12.1. The Morgan fingerprint density at radius 3 is 1.39 bits per heavy atom. The van der Waals surface area contributed by atoms with Crippen LogP contribution in [0.5, 0.6) is 0 Å². The maximum Gasteiger partial charge on any atom is 0.201 e. The average molecular weight is 566 g/mol. The third-order valence-electron chi connectivity index (χ3n) is 5.57. The highest BCUT2D eigenvalue weighted by atomic mass is 32.1. The Balaban J connectivity index is 1.18. The molecule has 7 nitrogen and oxygen atoms in total. The van der Waals surface area contributed by atoms with Gasteiger partial charge in [0.25, 0.3) is 0 Å². The van der Waals surface area contributed by atoms with Gasteiger partial charge >= 0.3 is 0 Å². The lowest BCUT2D eigenvalue weighted by Gasteiger charge is -2.04. The number of hydrogen-bond donors (Lipinski definition) is 0. The van der Waals surface area contributed by atoms with Crippen molar-refractivity contribution in [1.29, 1.82) is 0 Å². The first kappa shape index (κ1) is 23.1. The van der Waals surface area contributed by atoms with E-state index in [2.05, 4.69) is 79.7 Å². The molecule has 7 rings (SSSR count). The summed E-state index contributed by atoms with van der Waals surface area (Å²) in [4.78, 5) is 21.2. The minimum atomic E-state index is 0.443. The molecule has 7 aromatic heterocycles. The van der Waals surface area contributed by atoms with Crippen molar-refractivity contribution in [2.24, 2.45) is 0 Å². The molecule has 0 fully saturated rings. The molecule has 0 unspecified atom stereocenters. The van der Waals surface area contributed by atoms with E-state index >= 15 is 0 Å². The highest BCUT2D eigenvalue weighted by molar-refractivity contribution is 7.23. The van der Waals surface area contributed by atoms with Crippen molar-refractivity contribution in [3.05, 3.63) is 89.9 Å². The van der Waals surface area contributed by atoms with E-state index in [0.29, 0.717) is 23.0 Å². The number of thiophene rings is 4. The Morgan fingerprint density at radius 2 is 0.921 bits per heavy atom. The van der Waals surface area contributed by atoms with Crippen molar-refractivity contribution in [1.82, 2.24) is 35.3 Å². The Labute approximate surface area is 233 Å². The molecule has 0 aliphatic rings. The summed E-state index contributed by atoms with van der Waals surface area (Å²) in [5.74, 6) is 0.886. The Kier molecular flexibility index (Phi) is 6.10. The fourth-order valence-electron chi connectivity index (χ4n) is 3.80. The number of rotatable bonds is 6. The zero-order valence-electron chi connectivity index (χ0n) is 19.4. The molecule has 0 spiro atoms. The highest BCUT2D eigenvalue weighted by Crippen LogP contribution is 2.37. The van der Waals surface area contributed by atoms with Gasteiger partial charge in [0.05, 0.1) is 22.1 Å². The summed E-state index contributed by atoms with van der Waals surface area (Å²) >= 11 is 6.80. The van der Waals surface area contributed by atoms with Crippen LogP contribution in [0.4, 0.5) is 0 Å². The van der Waals surface area contributed by atoms with Crippen LogP contribution in [0.2, 0.25) is 0 Å². The first-order chi connectivity index (χ1) is 18.8. The van der Waals surface area contributed by atoms with E-state index in [9.17, 15) is 0 Å². The highest BCUT2D eigenvalue weighted by Gasteiger charge is 2.14. The summed E-state index contributed by atoms with van der Waals surface area (Å²) < 4.78 is 0. The molecule has 0 amide bonds. The Morgan fingerprint density at radius 1 is 0.421 bits per heavy atom. The van der Waals surface area contributed by atoms with Gasteiger partial charge < -0.3 is 0 Å². The smallest absolute Gasteiger partial charge is 0.201 e. The second kappa shape index (κ2) is 10.0. The quantitative estimate of drug-likeness (QED) is 0.204. The summed E-state index contributed by atoms with van der Waals surface area (Å²) in [5, 5.41) is 21.1. The third kappa shape index (κ3) is 4.56. The summed E-state index contributed by atoms with van der Waals surface area (Å²) in [6, 6.07) is 22.3. The normalized spacial score (nSPS) is 11.2. The Hall–Kier alpha value is -4.03. The molecule has 7 aromatic rings. The molecule has 0 aliphatic heterocycles. The van der Waals surface area contributed by atoms with Gasteiger partial charge in [0.1, 0.15) is 22.8 Å². The van der Waals surface area contributed by atoms with E-state index < -0.39 is 0 Å². The van der Waals surface area contributed by atoms with Gasteiger partial charge in [-0.3, -0.25) is 0 Å². The molecule has 0 saturated heterocycles. The minimum absolute atomic E-state index is 0.443. The zero-order chi connectivity index (χ0) is 25.3. The van der Waals surface area contributed by atoms with E-state index in [0.717, 1.165) is 21.1 Å². The predicted octanol–water partition coefficient (Wildman–Crippen LogP) is 7.70. The van der Waals surface area contributed by atoms with Crippen LogP contribution in [0.15, 0.2) is 89.9 Å². The van der Waals surface area contributed by atoms with Crippen LogP contribution in [0.3, 0.4) is 0 Å². The number of hydrogen-bond acceptors (Lipinski definition) is 11. The predicted molar refractivity (Wildman–Crippen MR) is 155 cm³/mol. The van der Waals surface area contributed by atoms with Crippen molar-refractivity contribution >= 4 is 45.3 Å². The minimum Gasteiger partial charge on any atom is -0.241 e. The fourth-order valence-corrected chi connectivity index (χ4v) is 7.39. The van der Waals surface area contributed by atoms with Gasteiger partial charge in [-0.05, 0) is 59.3 Å². The van der Waals surface area contributed by atoms with Crippen molar-refractivity contribution in [2.75, 3.05) is 0 Å². The molecule has 0 aromatic carbocycles. The van der Waals surface area contributed by atoms with Crippen LogP contribution in [-0.4, -0.2) is 35.3 Å². The second-order valence-electron chi connectivity index (χ2n) is 8.02. The van der Waals surface area contributed by atoms with E-state index in [-0.39, 0.29) is 0 Å². The molecule has 0 saturated carbocycles. The van der Waals surface area contributed by atoms with E-state index in [4.69, 9.17) is 15.0 Å². The van der Waals surface area contributed by atoms with Crippen LogP contribution in [-0.2, 0) is 0 Å². The monoisotopic (exact) mass is 565 g/mol. The number of nitrogens with zero attached hydrogens (tertiary/aromatic N) is 7. The SMILES string of the molecule is c1cc(-c2nncc(-c3ccc(-c4cccs4)s3)n2)nc(-c2nncc(-c3ccc(-c4cccs4)s3)n2)c1. The van der Waals surface area contributed by atoms with Crippen LogP contribution < -0.4 is 0 Å². The molecule has 0 radical (unpaired) electrons. The number of aromatic nitrogens is 7. The molecule has 0 bridgehead atoms. The third-order valence-corrected chi connectivity index (χ3v) is 9.92. The van der Waals surface area contributed by atoms with E-state index in [1.165, 1.54) is 19.5 Å². The first-order valence-corrected chi connectivity index (χ1v) is 14.8. The standard InChI is InChI=1S/C27H15N7S4/c1-4-16(26-31-18(14-28-33-26)20-8-10-24(37-20)22-6-2-12-35-22)30-17(5-1)27-32-19(15-29-34-27)21-9-11-25(38-21)23-7-3-13-36-23/h1-15H.